The van der Waals surface area contributed by atoms with Gasteiger partial charge in [-0.15, -0.1) is 0 Å². The lowest BCUT2D eigenvalue weighted by Gasteiger charge is -2.32. The highest BCUT2D eigenvalue weighted by molar-refractivity contribution is 5.55. The van der Waals surface area contributed by atoms with Crippen molar-refractivity contribution in [1.29, 1.82) is 0 Å². The Morgan fingerprint density at radius 1 is 1.19 bits per heavy atom. The summed E-state index contributed by atoms with van der Waals surface area (Å²) in [6.45, 7) is 4.93. The van der Waals surface area contributed by atoms with Crippen molar-refractivity contribution in [2.24, 2.45) is 0 Å². The van der Waals surface area contributed by atoms with Gasteiger partial charge in [-0.05, 0) is 44.5 Å². The second-order valence-electron chi connectivity index (χ2n) is 6.74. The molecule has 0 radical (unpaired) electrons. The van der Waals surface area contributed by atoms with Crippen molar-refractivity contribution in [1.82, 2.24) is 30.0 Å². The summed E-state index contributed by atoms with van der Waals surface area (Å²) in [6.07, 6.45) is 7.58. The third kappa shape index (κ3) is 3.88. The fraction of sp³-hybridized carbons (Fsp3) is 0.368. The number of H-pyrrole nitrogens is 1. The normalized spacial score (nSPS) is 18.0. The summed E-state index contributed by atoms with van der Waals surface area (Å²) < 4.78 is 0. The van der Waals surface area contributed by atoms with Crippen LogP contribution in [0.15, 0.2) is 42.9 Å². The Balaban J connectivity index is 1.51. The van der Waals surface area contributed by atoms with Crippen molar-refractivity contribution in [3.8, 4) is 0 Å². The monoisotopic (exact) mass is 349 g/mol. The lowest BCUT2D eigenvalue weighted by atomic mass is 9.94. The van der Waals surface area contributed by atoms with Crippen molar-refractivity contribution in [3.05, 3.63) is 59.9 Å². The fourth-order valence-corrected chi connectivity index (χ4v) is 3.51. The number of rotatable bonds is 5. The summed E-state index contributed by atoms with van der Waals surface area (Å²) in [5, 5.41) is 10.4. The molecule has 0 bridgehead atoms. The summed E-state index contributed by atoms with van der Waals surface area (Å²) >= 11 is 0. The number of piperidine rings is 1. The molecule has 1 aliphatic rings. The minimum absolute atomic E-state index is 0.354. The second kappa shape index (κ2) is 7.61. The van der Waals surface area contributed by atoms with Gasteiger partial charge in [-0.1, -0.05) is 6.07 Å². The predicted octanol–water partition coefficient (Wildman–Crippen LogP) is 3.03. The maximum atomic E-state index is 4.65. The summed E-state index contributed by atoms with van der Waals surface area (Å²) in [5.74, 6) is 1.96. The van der Waals surface area contributed by atoms with E-state index in [1.807, 2.05) is 31.2 Å². The molecule has 26 heavy (non-hydrogen) atoms. The van der Waals surface area contributed by atoms with Gasteiger partial charge in [-0.3, -0.25) is 15.0 Å². The van der Waals surface area contributed by atoms with Crippen LogP contribution in [0, 0.1) is 6.92 Å². The van der Waals surface area contributed by atoms with E-state index in [9.17, 15) is 0 Å². The predicted molar refractivity (Wildman–Crippen MR) is 100 cm³/mol. The zero-order chi connectivity index (χ0) is 17.8. The maximum Gasteiger partial charge on any atom is 0.153 e. The number of likely N-dealkylation sites (tertiary alicyclic amines) is 1. The molecular formula is C19H23N7. The van der Waals surface area contributed by atoms with Crippen LogP contribution in [0.1, 0.15) is 35.8 Å². The van der Waals surface area contributed by atoms with Gasteiger partial charge in [0.25, 0.3) is 0 Å². The number of aromatic nitrogens is 5. The van der Waals surface area contributed by atoms with E-state index in [0.717, 1.165) is 61.2 Å². The molecule has 134 valence electrons. The van der Waals surface area contributed by atoms with Gasteiger partial charge in [0.2, 0.25) is 0 Å². The van der Waals surface area contributed by atoms with Gasteiger partial charge in [0, 0.05) is 49.0 Å². The van der Waals surface area contributed by atoms with E-state index in [0.29, 0.717) is 5.92 Å². The molecule has 4 rings (SSSR count). The molecule has 3 aromatic heterocycles. The van der Waals surface area contributed by atoms with Crippen molar-refractivity contribution < 1.29 is 0 Å². The number of aryl methyl sites for hydroxylation is 1. The van der Waals surface area contributed by atoms with Crippen LogP contribution >= 0.6 is 0 Å². The Bertz CT molecular complexity index is 847. The zero-order valence-electron chi connectivity index (χ0n) is 14.9. The quantitative estimate of drug-likeness (QED) is 0.737. The maximum absolute atomic E-state index is 4.65. The average molecular weight is 349 g/mol. The number of anilines is 2. The van der Waals surface area contributed by atoms with Crippen LogP contribution < -0.4 is 5.32 Å². The highest BCUT2D eigenvalue weighted by Crippen LogP contribution is 2.30. The van der Waals surface area contributed by atoms with Gasteiger partial charge in [-0.2, -0.15) is 5.10 Å². The molecule has 0 aliphatic carbocycles. The topological polar surface area (TPSA) is 82.6 Å². The molecule has 3 aromatic rings. The zero-order valence-corrected chi connectivity index (χ0v) is 14.9. The standard InChI is InChI=1S/C19H23N7/c1-14-4-2-6-17(23-14)24-19-18(20-9-10-21-19)15-5-3-11-26(12-15)13-16-7-8-22-25-16/h2,4,6-10,15H,3,5,11-13H2,1H3,(H,22,25)(H,21,23,24). The summed E-state index contributed by atoms with van der Waals surface area (Å²) in [7, 11) is 0. The molecule has 1 saturated heterocycles. The molecule has 1 unspecified atom stereocenters. The first kappa shape index (κ1) is 16.7. The lowest BCUT2D eigenvalue weighted by Crippen LogP contribution is -2.34. The van der Waals surface area contributed by atoms with Crippen LogP contribution in [0.2, 0.25) is 0 Å². The molecule has 0 spiro atoms. The van der Waals surface area contributed by atoms with Gasteiger partial charge >= 0.3 is 0 Å². The average Bonchev–Trinajstić information content (AvgIpc) is 3.15. The smallest absolute Gasteiger partial charge is 0.153 e. The van der Waals surface area contributed by atoms with E-state index in [1.54, 1.807) is 18.6 Å². The fourth-order valence-electron chi connectivity index (χ4n) is 3.51. The minimum atomic E-state index is 0.354. The molecule has 0 aromatic carbocycles. The van der Waals surface area contributed by atoms with E-state index < -0.39 is 0 Å². The number of hydrogen-bond acceptors (Lipinski definition) is 6. The van der Waals surface area contributed by atoms with E-state index in [2.05, 4.69) is 35.4 Å². The number of pyridine rings is 1. The van der Waals surface area contributed by atoms with E-state index >= 15 is 0 Å². The first-order chi connectivity index (χ1) is 12.8. The third-order valence-corrected chi connectivity index (χ3v) is 4.71. The van der Waals surface area contributed by atoms with E-state index in [-0.39, 0.29) is 0 Å². The van der Waals surface area contributed by atoms with Crippen LogP contribution in [0.4, 0.5) is 11.6 Å². The third-order valence-electron chi connectivity index (χ3n) is 4.71. The SMILES string of the molecule is Cc1cccc(Nc2nccnc2C2CCCN(Cc3ccn[nH]3)C2)n1. The van der Waals surface area contributed by atoms with Crippen LogP contribution in [-0.4, -0.2) is 43.1 Å². The minimum Gasteiger partial charge on any atom is -0.323 e. The Labute approximate surface area is 152 Å². The van der Waals surface area contributed by atoms with Crippen molar-refractivity contribution in [3.63, 3.8) is 0 Å². The number of nitrogens with zero attached hydrogens (tertiary/aromatic N) is 5. The molecule has 1 aliphatic heterocycles. The second-order valence-corrected chi connectivity index (χ2v) is 6.74. The largest absolute Gasteiger partial charge is 0.323 e. The van der Waals surface area contributed by atoms with Crippen molar-refractivity contribution in [2.75, 3.05) is 18.4 Å². The van der Waals surface area contributed by atoms with E-state index in [1.165, 1.54) is 0 Å². The summed E-state index contributed by atoms with van der Waals surface area (Å²) in [5.41, 5.74) is 3.14. The Morgan fingerprint density at radius 3 is 2.96 bits per heavy atom. The Kier molecular flexibility index (Phi) is 4.88. The van der Waals surface area contributed by atoms with Gasteiger partial charge in [0.05, 0.1) is 5.69 Å². The van der Waals surface area contributed by atoms with E-state index in [4.69, 9.17) is 0 Å². The first-order valence-corrected chi connectivity index (χ1v) is 9.00. The molecule has 2 N–H and O–H groups in total. The van der Waals surface area contributed by atoms with Crippen LogP contribution in [0.3, 0.4) is 0 Å². The lowest BCUT2D eigenvalue weighted by molar-refractivity contribution is 0.196. The van der Waals surface area contributed by atoms with Gasteiger partial charge < -0.3 is 5.32 Å². The number of nitrogens with one attached hydrogen (secondary N) is 2. The summed E-state index contributed by atoms with van der Waals surface area (Å²) in [6, 6.07) is 7.96. The highest BCUT2D eigenvalue weighted by Gasteiger charge is 2.25. The van der Waals surface area contributed by atoms with Crippen LogP contribution in [-0.2, 0) is 6.54 Å². The van der Waals surface area contributed by atoms with Gasteiger partial charge in [0.15, 0.2) is 5.82 Å². The van der Waals surface area contributed by atoms with Gasteiger partial charge in [0.1, 0.15) is 5.82 Å². The number of aromatic amines is 1. The van der Waals surface area contributed by atoms with Crippen molar-refractivity contribution >= 4 is 11.6 Å². The van der Waals surface area contributed by atoms with Crippen LogP contribution in [0.25, 0.3) is 0 Å². The molecule has 0 amide bonds. The first-order valence-electron chi connectivity index (χ1n) is 9.00. The molecule has 1 fully saturated rings. The molecule has 4 heterocycles. The van der Waals surface area contributed by atoms with Crippen molar-refractivity contribution in [2.45, 2.75) is 32.2 Å². The molecule has 0 saturated carbocycles. The molecule has 7 nitrogen and oxygen atoms in total. The molecular weight excluding hydrogens is 326 g/mol. The Morgan fingerprint density at radius 2 is 2.12 bits per heavy atom. The molecule has 7 heteroatoms. The Hall–Kier alpha value is -2.80. The van der Waals surface area contributed by atoms with Crippen LogP contribution in [0.5, 0.6) is 0 Å². The number of hydrogen-bond donors (Lipinski definition) is 2. The van der Waals surface area contributed by atoms with Gasteiger partial charge in [-0.25, -0.2) is 9.97 Å². The molecule has 1 atom stereocenters. The highest BCUT2D eigenvalue weighted by atomic mass is 15.2. The summed E-state index contributed by atoms with van der Waals surface area (Å²) in [4.78, 5) is 16.2.